The molecule has 0 radical (unpaired) electrons. The van der Waals surface area contributed by atoms with Gasteiger partial charge >= 0.3 is 5.69 Å². The van der Waals surface area contributed by atoms with Gasteiger partial charge in [0.2, 0.25) is 5.82 Å². The Hall–Kier alpha value is -5.30. The van der Waals surface area contributed by atoms with Crippen LogP contribution < -0.4 is 25.2 Å². The van der Waals surface area contributed by atoms with Gasteiger partial charge in [0.25, 0.3) is 5.91 Å². The number of pyridine rings is 1. The molecule has 1 aliphatic heterocycles. The maximum Gasteiger partial charge on any atom is 0.351 e. The molecule has 0 unspecified atom stereocenters. The first-order chi connectivity index (χ1) is 23.7. The Labute approximate surface area is 282 Å². The first-order valence-corrected chi connectivity index (χ1v) is 16.3. The summed E-state index contributed by atoms with van der Waals surface area (Å²) in [4.78, 5) is 33.0. The van der Waals surface area contributed by atoms with Crippen molar-refractivity contribution >= 4 is 22.5 Å². The van der Waals surface area contributed by atoms with Gasteiger partial charge in [0, 0.05) is 42.5 Å². The highest BCUT2D eigenvalue weighted by Gasteiger charge is 2.22. The van der Waals surface area contributed by atoms with Gasteiger partial charge in [-0.25, -0.2) is 13.6 Å². The summed E-state index contributed by atoms with van der Waals surface area (Å²) in [5.74, 6) is -0.339. The van der Waals surface area contributed by atoms with Crippen molar-refractivity contribution < 1.29 is 27.8 Å². The average Bonchev–Trinajstić information content (AvgIpc) is 3.44. The van der Waals surface area contributed by atoms with E-state index in [4.69, 9.17) is 14.2 Å². The van der Waals surface area contributed by atoms with E-state index in [-0.39, 0.29) is 29.5 Å². The summed E-state index contributed by atoms with van der Waals surface area (Å²) in [6.07, 6.45) is 4.91. The van der Waals surface area contributed by atoms with Crippen LogP contribution in [0.4, 0.5) is 14.5 Å². The predicted octanol–water partition coefficient (Wildman–Crippen LogP) is 6.43. The molecule has 0 bridgehead atoms. The van der Waals surface area contributed by atoms with Crippen LogP contribution in [0.1, 0.15) is 43.7 Å². The molecule has 256 valence electrons. The molecule has 0 spiro atoms. The third kappa shape index (κ3) is 7.41. The number of hydrogen-bond acceptors (Lipinski definition) is 8. The minimum absolute atomic E-state index is 0.0915. The summed E-state index contributed by atoms with van der Waals surface area (Å²) in [5, 5.41) is 7.21. The van der Waals surface area contributed by atoms with Gasteiger partial charge in [-0.1, -0.05) is 19.1 Å². The molecule has 3 aromatic carbocycles. The lowest BCUT2D eigenvalue weighted by atomic mass is 9.99. The van der Waals surface area contributed by atoms with Crippen molar-refractivity contribution in [2.24, 2.45) is 5.92 Å². The second kappa shape index (κ2) is 14.9. The van der Waals surface area contributed by atoms with Crippen molar-refractivity contribution in [3.8, 4) is 28.7 Å². The van der Waals surface area contributed by atoms with Gasteiger partial charge in [0.15, 0.2) is 23.1 Å². The molecule has 1 N–H and O–H groups in total. The van der Waals surface area contributed by atoms with Gasteiger partial charge < -0.3 is 24.4 Å². The van der Waals surface area contributed by atoms with E-state index >= 15 is 4.39 Å². The summed E-state index contributed by atoms with van der Waals surface area (Å²) < 4.78 is 49.3. The number of fused-ring (bicyclic) bond motifs is 1. The fraction of sp³-hybridized carbons (Fsp3) is 0.333. The number of amides is 1. The number of hydrogen-bond donors (Lipinski definition) is 1. The monoisotopic (exact) mass is 672 g/mol. The van der Waals surface area contributed by atoms with Crippen LogP contribution in [0, 0.1) is 17.6 Å². The largest absolute Gasteiger partial charge is 0.493 e. The smallest absolute Gasteiger partial charge is 0.351 e. The zero-order chi connectivity index (χ0) is 34.5. The number of nitrogens with zero attached hydrogens (tertiary/aromatic N) is 5. The van der Waals surface area contributed by atoms with E-state index in [1.54, 1.807) is 44.5 Å². The molecule has 1 saturated heterocycles. The number of para-hydroxylation sites is 1. The van der Waals surface area contributed by atoms with E-state index in [9.17, 15) is 14.0 Å². The molecular weight excluding hydrogens is 634 g/mol. The van der Waals surface area contributed by atoms with Crippen molar-refractivity contribution in [1.29, 1.82) is 0 Å². The highest BCUT2D eigenvalue weighted by molar-refractivity contribution is 6.01. The van der Waals surface area contributed by atoms with E-state index < -0.39 is 23.2 Å². The number of rotatable bonds is 12. The van der Waals surface area contributed by atoms with E-state index in [2.05, 4.69) is 27.2 Å². The summed E-state index contributed by atoms with van der Waals surface area (Å²) in [5.41, 5.74) is -0.0953. The molecule has 0 atom stereocenters. The number of ether oxygens (including phenoxy) is 3. The fourth-order valence-electron chi connectivity index (χ4n) is 5.84. The maximum absolute atomic E-state index is 15.3. The minimum atomic E-state index is -0.770. The van der Waals surface area contributed by atoms with Gasteiger partial charge in [-0.15, -0.1) is 5.10 Å². The second-order valence-electron chi connectivity index (χ2n) is 12.0. The molecule has 1 amide bonds. The van der Waals surface area contributed by atoms with Crippen LogP contribution in [-0.4, -0.2) is 63.5 Å². The van der Waals surface area contributed by atoms with Crippen molar-refractivity contribution in [2.45, 2.75) is 39.7 Å². The lowest BCUT2D eigenvalue weighted by Crippen LogP contribution is -2.34. The molecule has 0 saturated carbocycles. The molecule has 49 heavy (non-hydrogen) atoms. The summed E-state index contributed by atoms with van der Waals surface area (Å²) in [6, 6.07) is 14.7. The number of benzene rings is 3. The molecule has 1 aliphatic rings. The predicted molar refractivity (Wildman–Crippen MR) is 181 cm³/mol. The fourth-order valence-corrected chi connectivity index (χ4v) is 5.84. The van der Waals surface area contributed by atoms with Gasteiger partial charge in [-0.3, -0.25) is 14.3 Å². The zero-order valence-electron chi connectivity index (χ0n) is 27.6. The standard InChI is InChI=1S/C36H38F2N6O5/c1-4-43-34(41-44(36(43)46)29-9-6-5-8-26(29)37)35(45)40-24-10-11-31(27(38)20-24)49-30-12-15-39-28-22-33(32(47-3)21-25(28)30)48-19-7-16-42-17-13-23(2)14-18-42/h5-6,8-12,15,20-23H,4,7,13-14,16-19H2,1-3H3,(H,40,45). The van der Waals surface area contributed by atoms with E-state index in [1.165, 1.54) is 43.2 Å². The van der Waals surface area contributed by atoms with Gasteiger partial charge in [0.05, 0.1) is 19.2 Å². The summed E-state index contributed by atoms with van der Waals surface area (Å²) >= 11 is 0. The maximum atomic E-state index is 15.3. The van der Waals surface area contributed by atoms with Crippen LogP contribution in [0.3, 0.4) is 0 Å². The van der Waals surface area contributed by atoms with E-state index in [0.29, 0.717) is 34.8 Å². The van der Waals surface area contributed by atoms with Gasteiger partial charge in [-0.2, -0.15) is 4.68 Å². The van der Waals surface area contributed by atoms with Crippen LogP contribution in [0.25, 0.3) is 16.6 Å². The van der Waals surface area contributed by atoms with Crippen molar-refractivity contribution in [2.75, 3.05) is 38.7 Å². The van der Waals surface area contributed by atoms with Gasteiger partial charge in [0.1, 0.15) is 17.3 Å². The number of methoxy groups -OCH3 is 1. The SMILES string of the molecule is CCn1c(C(=O)Nc2ccc(Oc3ccnc4cc(OCCCN5CCC(C)CC5)c(OC)cc34)c(F)c2)nn(-c2ccccc2F)c1=O. The Morgan fingerprint density at radius 2 is 1.78 bits per heavy atom. The molecule has 6 rings (SSSR count). The third-order valence-electron chi connectivity index (χ3n) is 8.61. The molecule has 13 heteroatoms. The molecule has 1 fully saturated rings. The number of aromatic nitrogens is 4. The normalized spacial score (nSPS) is 13.8. The summed E-state index contributed by atoms with van der Waals surface area (Å²) in [7, 11) is 1.55. The molecule has 5 aromatic rings. The Morgan fingerprint density at radius 1 is 0.980 bits per heavy atom. The van der Waals surface area contributed by atoms with Crippen LogP contribution in [0.5, 0.6) is 23.0 Å². The Morgan fingerprint density at radius 3 is 2.51 bits per heavy atom. The number of carbonyl (C=O) groups excluding carboxylic acids is 1. The molecule has 11 nitrogen and oxygen atoms in total. The summed E-state index contributed by atoms with van der Waals surface area (Å²) in [6.45, 7) is 7.82. The van der Waals surface area contributed by atoms with Gasteiger partial charge in [-0.05, 0) is 81.6 Å². The molecular formula is C36H38F2N6O5. The second-order valence-corrected chi connectivity index (χ2v) is 12.0. The van der Waals surface area contributed by atoms with Crippen molar-refractivity contribution in [1.82, 2.24) is 24.2 Å². The first kappa shape index (κ1) is 33.6. The Balaban J connectivity index is 1.15. The average molecular weight is 673 g/mol. The Kier molecular flexibility index (Phi) is 10.2. The van der Waals surface area contributed by atoms with Crippen LogP contribution in [0.15, 0.2) is 71.7 Å². The lowest BCUT2D eigenvalue weighted by Gasteiger charge is -2.30. The Bertz CT molecular complexity index is 2020. The number of nitrogens with one attached hydrogen (secondary N) is 1. The molecule has 3 heterocycles. The van der Waals surface area contributed by atoms with E-state index in [0.717, 1.165) is 47.3 Å². The van der Waals surface area contributed by atoms with Crippen molar-refractivity contribution in [3.63, 3.8) is 0 Å². The number of piperidine rings is 1. The van der Waals surface area contributed by atoms with Crippen LogP contribution in [-0.2, 0) is 6.54 Å². The van der Waals surface area contributed by atoms with Crippen molar-refractivity contribution in [3.05, 3.63) is 94.8 Å². The van der Waals surface area contributed by atoms with Crippen LogP contribution >= 0.6 is 0 Å². The number of carbonyl (C=O) groups is 1. The minimum Gasteiger partial charge on any atom is -0.493 e. The topological polar surface area (TPSA) is 113 Å². The molecule has 0 aliphatic carbocycles. The number of halogens is 2. The zero-order valence-corrected chi connectivity index (χ0v) is 27.6. The quantitative estimate of drug-likeness (QED) is 0.151. The van der Waals surface area contributed by atoms with E-state index in [1.807, 2.05) is 0 Å². The third-order valence-corrected chi connectivity index (χ3v) is 8.61. The number of likely N-dealkylation sites (tertiary alicyclic amines) is 1. The first-order valence-electron chi connectivity index (χ1n) is 16.3. The van der Waals surface area contributed by atoms with Crippen LogP contribution in [0.2, 0.25) is 0 Å². The highest BCUT2D eigenvalue weighted by atomic mass is 19.1. The molecule has 2 aromatic heterocycles. The highest BCUT2D eigenvalue weighted by Crippen LogP contribution is 2.38. The number of anilines is 1. The lowest BCUT2D eigenvalue weighted by molar-refractivity contribution is 0.101.